The van der Waals surface area contributed by atoms with Crippen LogP contribution in [-0.2, 0) is 36.9 Å². The fourth-order valence-corrected chi connectivity index (χ4v) is 4.44. The van der Waals surface area contributed by atoms with Gasteiger partial charge in [0.1, 0.15) is 5.76 Å². The smallest absolute Gasteiger partial charge is 0.311 e. The summed E-state index contributed by atoms with van der Waals surface area (Å²) in [7, 11) is 1.62. The van der Waals surface area contributed by atoms with Gasteiger partial charge in [-0.25, -0.2) is 0 Å². The number of aliphatic carboxylic acids is 2. The van der Waals surface area contributed by atoms with Gasteiger partial charge in [0.2, 0.25) is 0 Å². The molecule has 0 unspecified atom stereocenters. The van der Waals surface area contributed by atoms with Crippen molar-refractivity contribution in [1.82, 2.24) is 0 Å². The van der Waals surface area contributed by atoms with E-state index in [1.807, 2.05) is 24.3 Å². The number of methoxy groups -OCH3 is 1. The van der Waals surface area contributed by atoms with Gasteiger partial charge in [0.15, 0.2) is 0 Å². The summed E-state index contributed by atoms with van der Waals surface area (Å²) in [6.45, 7) is 0.479. The lowest BCUT2D eigenvalue weighted by Crippen LogP contribution is -2.16. The maximum absolute atomic E-state index is 12.2. The minimum atomic E-state index is -1.10. The van der Waals surface area contributed by atoms with E-state index >= 15 is 0 Å². The molecule has 0 aromatic heterocycles. The van der Waals surface area contributed by atoms with E-state index in [0.29, 0.717) is 31.6 Å². The molecule has 1 aromatic rings. The van der Waals surface area contributed by atoms with Crippen LogP contribution in [0.3, 0.4) is 0 Å². The summed E-state index contributed by atoms with van der Waals surface area (Å²) in [6.07, 6.45) is 5.14. The molecule has 0 saturated carbocycles. The number of hydrogen-bond acceptors (Lipinski definition) is 7. The summed E-state index contributed by atoms with van der Waals surface area (Å²) in [5.74, 6) is -2.68. The highest BCUT2D eigenvalue weighted by atomic mass is 16.5. The molecule has 37 heavy (non-hydrogen) atoms. The van der Waals surface area contributed by atoms with E-state index in [-0.39, 0.29) is 25.7 Å². The second-order valence-corrected chi connectivity index (χ2v) is 9.33. The van der Waals surface area contributed by atoms with Crippen molar-refractivity contribution in [3.63, 3.8) is 0 Å². The molecule has 0 amide bonds. The molecule has 4 N–H and O–H groups in total. The predicted molar refractivity (Wildman–Crippen MR) is 135 cm³/mol. The predicted octanol–water partition coefficient (Wildman–Crippen LogP) is 3.76. The third-order valence-corrected chi connectivity index (χ3v) is 6.22. The van der Waals surface area contributed by atoms with Crippen molar-refractivity contribution in [2.24, 2.45) is 5.92 Å². The Balaban J connectivity index is 2.07. The zero-order chi connectivity index (χ0) is 27.2. The highest BCUT2D eigenvalue weighted by molar-refractivity contribution is 5.77. The SMILES string of the molecule is COCc1cccc(C[C@@H](O)/C=C/[C@@H]2C(CCCCCCC(=O)O)=C(OC(=O)CCC(=O)O)C[C@H]2O)c1. The van der Waals surface area contributed by atoms with Gasteiger partial charge in [-0.2, -0.15) is 0 Å². The van der Waals surface area contributed by atoms with Crippen LogP contribution in [0.4, 0.5) is 0 Å². The van der Waals surface area contributed by atoms with Crippen LogP contribution in [0.5, 0.6) is 0 Å². The van der Waals surface area contributed by atoms with Crippen LogP contribution in [0.25, 0.3) is 0 Å². The van der Waals surface area contributed by atoms with E-state index in [9.17, 15) is 24.6 Å². The maximum Gasteiger partial charge on any atom is 0.311 e. The van der Waals surface area contributed by atoms with Gasteiger partial charge in [-0.15, -0.1) is 0 Å². The summed E-state index contributed by atoms with van der Waals surface area (Å²) in [4.78, 5) is 33.6. The Morgan fingerprint density at radius 3 is 2.43 bits per heavy atom. The maximum atomic E-state index is 12.2. The molecule has 2 rings (SSSR count). The number of ether oxygens (including phenoxy) is 2. The number of esters is 1. The molecule has 0 aliphatic heterocycles. The number of carbonyl (C=O) groups is 3. The fourth-order valence-electron chi connectivity index (χ4n) is 4.44. The summed E-state index contributed by atoms with van der Waals surface area (Å²) in [5.41, 5.74) is 2.70. The van der Waals surface area contributed by atoms with E-state index in [1.54, 1.807) is 19.3 Å². The van der Waals surface area contributed by atoms with Crippen LogP contribution in [0.2, 0.25) is 0 Å². The first-order valence-electron chi connectivity index (χ1n) is 12.7. The van der Waals surface area contributed by atoms with Crippen molar-refractivity contribution in [3.05, 3.63) is 58.9 Å². The summed E-state index contributed by atoms with van der Waals surface area (Å²) in [6, 6.07) is 7.74. The van der Waals surface area contributed by atoms with Crippen molar-refractivity contribution in [1.29, 1.82) is 0 Å². The van der Waals surface area contributed by atoms with Crippen LogP contribution < -0.4 is 0 Å². The topological polar surface area (TPSA) is 151 Å². The Hall–Kier alpha value is -3.01. The van der Waals surface area contributed by atoms with E-state index in [0.717, 1.165) is 36.0 Å². The number of benzene rings is 1. The Morgan fingerprint density at radius 1 is 1.03 bits per heavy atom. The number of carboxylic acids is 2. The van der Waals surface area contributed by atoms with Crippen LogP contribution in [-0.4, -0.2) is 57.7 Å². The van der Waals surface area contributed by atoms with Crippen LogP contribution >= 0.6 is 0 Å². The first-order chi connectivity index (χ1) is 17.7. The lowest BCUT2D eigenvalue weighted by atomic mass is 9.93. The van der Waals surface area contributed by atoms with Gasteiger partial charge in [0.05, 0.1) is 31.7 Å². The highest BCUT2D eigenvalue weighted by Crippen LogP contribution is 2.37. The lowest BCUT2D eigenvalue weighted by molar-refractivity contribution is -0.145. The van der Waals surface area contributed by atoms with Gasteiger partial charge in [-0.05, 0) is 36.0 Å². The molecule has 0 radical (unpaired) electrons. The van der Waals surface area contributed by atoms with Gasteiger partial charge < -0.3 is 29.9 Å². The quantitative estimate of drug-likeness (QED) is 0.137. The molecular formula is C28H38O9. The van der Waals surface area contributed by atoms with E-state index < -0.39 is 36.0 Å². The second kappa shape index (κ2) is 16.0. The molecular weight excluding hydrogens is 480 g/mol. The Labute approximate surface area is 217 Å². The van der Waals surface area contributed by atoms with Crippen molar-refractivity contribution < 1.29 is 44.3 Å². The third-order valence-electron chi connectivity index (χ3n) is 6.22. The number of aliphatic hydroxyl groups is 2. The molecule has 0 bridgehead atoms. The second-order valence-electron chi connectivity index (χ2n) is 9.33. The number of hydrogen-bond donors (Lipinski definition) is 4. The Morgan fingerprint density at radius 2 is 1.73 bits per heavy atom. The highest BCUT2D eigenvalue weighted by Gasteiger charge is 2.34. The van der Waals surface area contributed by atoms with Crippen molar-refractivity contribution in [2.75, 3.05) is 7.11 Å². The van der Waals surface area contributed by atoms with E-state index in [2.05, 4.69) is 0 Å². The Kier molecular flexibility index (Phi) is 13.0. The zero-order valence-electron chi connectivity index (χ0n) is 21.3. The summed E-state index contributed by atoms with van der Waals surface area (Å²) >= 11 is 0. The molecule has 204 valence electrons. The van der Waals surface area contributed by atoms with Crippen LogP contribution in [0.1, 0.15) is 68.9 Å². The third kappa shape index (κ3) is 11.3. The molecule has 9 heteroatoms. The van der Waals surface area contributed by atoms with Crippen LogP contribution in [0, 0.1) is 5.92 Å². The molecule has 1 aliphatic rings. The largest absolute Gasteiger partial charge is 0.481 e. The average Bonchev–Trinajstić information content (AvgIpc) is 3.12. The molecule has 0 fully saturated rings. The molecule has 1 aromatic carbocycles. The summed E-state index contributed by atoms with van der Waals surface area (Å²) < 4.78 is 10.6. The number of unbranched alkanes of at least 4 members (excludes halogenated alkanes) is 3. The van der Waals surface area contributed by atoms with Gasteiger partial charge in [0, 0.05) is 32.3 Å². The van der Waals surface area contributed by atoms with E-state index in [4.69, 9.17) is 19.7 Å². The van der Waals surface area contributed by atoms with Gasteiger partial charge in [0.25, 0.3) is 0 Å². The number of aliphatic hydroxyl groups excluding tert-OH is 2. The molecule has 0 saturated heterocycles. The minimum Gasteiger partial charge on any atom is -0.481 e. The van der Waals surface area contributed by atoms with Crippen molar-refractivity contribution >= 4 is 17.9 Å². The first-order valence-corrected chi connectivity index (χ1v) is 12.7. The van der Waals surface area contributed by atoms with Crippen LogP contribution in [0.15, 0.2) is 47.7 Å². The van der Waals surface area contributed by atoms with Gasteiger partial charge >= 0.3 is 17.9 Å². The van der Waals surface area contributed by atoms with Crippen molar-refractivity contribution in [2.45, 2.75) is 83.0 Å². The van der Waals surface area contributed by atoms with Gasteiger partial charge in [-0.3, -0.25) is 14.4 Å². The van der Waals surface area contributed by atoms with E-state index in [1.165, 1.54) is 0 Å². The number of carbonyl (C=O) groups excluding carboxylic acids is 1. The molecule has 1 aliphatic carbocycles. The molecule has 0 heterocycles. The molecule has 0 spiro atoms. The fraction of sp³-hybridized carbons (Fsp3) is 0.536. The Bertz CT molecular complexity index is 966. The number of carboxylic acid groups (broad SMARTS) is 2. The average molecular weight is 519 g/mol. The summed E-state index contributed by atoms with van der Waals surface area (Å²) in [5, 5.41) is 38.9. The standard InChI is InChI=1S/C28H38O9/c1-36-18-20-8-6-7-19(15-20)16-21(29)11-12-22-23(9-4-2-3-5-10-26(31)32)25(17-24(22)30)37-28(35)14-13-27(33)34/h6-8,11-12,15,21-22,24,29-30H,2-5,9-10,13-14,16-18H2,1H3,(H,31,32)(H,33,34)/b12-11+/t21-,22+,24+/m0/s1. The lowest BCUT2D eigenvalue weighted by Gasteiger charge is -2.16. The monoisotopic (exact) mass is 518 g/mol. The minimum absolute atomic E-state index is 0.117. The molecule has 3 atom stereocenters. The van der Waals surface area contributed by atoms with Gasteiger partial charge in [-0.1, -0.05) is 49.3 Å². The number of rotatable bonds is 17. The van der Waals surface area contributed by atoms with Crippen molar-refractivity contribution in [3.8, 4) is 0 Å². The first kappa shape index (κ1) is 30.2. The normalized spacial score (nSPS) is 18.4. The molecule has 9 nitrogen and oxygen atoms in total. The zero-order valence-corrected chi connectivity index (χ0v) is 21.3.